The SMILES string of the molecule is CCCC1CCCC(O)(c2ccc(Br)c(Cl)c2F)CC1. The van der Waals surface area contributed by atoms with E-state index < -0.39 is 11.4 Å². The molecule has 1 N–H and O–H groups in total. The molecule has 0 saturated heterocycles. The molecule has 1 aromatic carbocycles. The summed E-state index contributed by atoms with van der Waals surface area (Å²) >= 11 is 9.16. The Morgan fingerprint density at radius 1 is 1.40 bits per heavy atom. The molecule has 1 fully saturated rings. The summed E-state index contributed by atoms with van der Waals surface area (Å²) in [7, 11) is 0. The minimum Gasteiger partial charge on any atom is -0.385 e. The van der Waals surface area contributed by atoms with Crippen LogP contribution in [0.4, 0.5) is 4.39 Å². The van der Waals surface area contributed by atoms with Gasteiger partial charge < -0.3 is 5.11 Å². The number of halogens is 3. The lowest BCUT2D eigenvalue weighted by atomic mass is 9.85. The largest absolute Gasteiger partial charge is 0.385 e. The Balaban J connectivity index is 2.25. The molecule has 0 heterocycles. The minimum absolute atomic E-state index is 0.0604. The molecular weight excluding hydrogens is 343 g/mol. The summed E-state index contributed by atoms with van der Waals surface area (Å²) < 4.78 is 14.9. The Labute approximate surface area is 133 Å². The molecule has 1 nitrogen and oxygen atoms in total. The molecule has 2 unspecified atom stereocenters. The van der Waals surface area contributed by atoms with Crippen LogP contribution in [0.25, 0.3) is 0 Å². The van der Waals surface area contributed by atoms with Crippen molar-refractivity contribution < 1.29 is 9.50 Å². The maximum Gasteiger partial charge on any atom is 0.149 e. The summed E-state index contributed by atoms with van der Waals surface area (Å²) in [5.41, 5.74) is -0.723. The average molecular weight is 364 g/mol. The quantitative estimate of drug-likeness (QED) is 0.531. The predicted molar refractivity (Wildman–Crippen MR) is 84.5 cm³/mol. The molecule has 1 aliphatic rings. The number of aliphatic hydroxyl groups is 1. The van der Waals surface area contributed by atoms with Gasteiger partial charge in [-0.25, -0.2) is 4.39 Å². The van der Waals surface area contributed by atoms with Crippen LogP contribution in [-0.2, 0) is 5.60 Å². The van der Waals surface area contributed by atoms with Crippen LogP contribution >= 0.6 is 27.5 Å². The molecule has 112 valence electrons. The number of hydrogen-bond donors (Lipinski definition) is 1. The maximum atomic E-state index is 14.3. The van der Waals surface area contributed by atoms with Crippen LogP contribution < -0.4 is 0 Å². The van der Waals surface area contributed by atoms with Crippen LogP contribution in [0.2, 0.25) is 5.02 Å². The van der Waals surface area contributed by atoms with E-state index in [4.69, 9.17) is 11.6 Å². The molecule has 0 amide bonds. The van der Waals surface area contributed by atoms with Gasteiger partial charge >= 0.3 is 0 Å². The van der Waals surface area contributed by atoms with Crippen LogP contribution in [0.15, 0.2) is 16.6 Å². The van der Waals surface area contributed by atoms with Crippen LogP contribution in [0.5, 0.6) is 0 Å². The van der Waals surface area contributed by atoms with E-state index in [0.717, 1.165) is 19.3 Å². The Hall–Kier alpha value is -0.120. The maximum absolute atomic E-state index is 14.3. The lowest BCUT2D eigenvalue weighted by Crippen LogP contribution is -2.26. The molecule has 4 heteroatoms. The second-order valence-electron chi connectivity index (χ2n) is 5.84. The normalized spacial score (nSPS) is 27.4. The van der Waals surface area contributed by atoms with Gasteiger partial charge in [0, 0.05) is 10.0 Å². The lowest BCUT2D eigenvalue weighted by molar-refractivity contribution is 0.0161. The second-order valence-corrected chi connectivity index (χ2v) is 7.07. The molecular formula is C16H21BrClFO. The highest BCUT2D eigenvalue weighted by Gasteiger charge is 2.35. The predicted octanol–water partition coefficient (Wildman–Crippen LogP) is 5.81. The molecule has 1 aliphatic carbocycles. The van der Waals surface area contributed by atoms with Crippen molar-refractivity contribution in [3.8, 4) is 0 Å². The van der Waals surface area contributed by atoms with E-state index >= 15 is 0 Å². The fourth-order valence-electron chi connectivity index (χ4n) is 3.25. The smallest absolute Gasteiger partial charge is 0.149 e. The summed E-state index contributed by atoms with van der Waals surface area (Å²) in [6, 6.07) is 3.37. The average Bonchev–Trinajstić information content (AvgIpc) is 2.60. The van der Waals surface area contributed by atoms with Crippen molar-refractivity contribution in [3.05, 3.63) is 33.0 Å². The van der Waals surface area contributed by atoms with Crippen molar-refractivity contribution in [2.45, 2.75) is 57.5 Å². The van der Waals surface area contributed by atoms with Crippen molar-refractivity contribution in [1.82, 2.24) is 0 Å². The van der Waals surface area contributed by atoms with Gasteiger partial charge in [0.25, 0.3) is 0 Å². The summed E-state index contributed by atoms with van der Waals surface area (Å²) in [4.78, 5) is 0. The molecule has 0 radical (unpaired) electrons. The monoisotopic (exact) mass is 362 g/mol. The Morgan fingerprint density at radius 2 is 2.15 bits per heavy atom. The summed E-state index contributed by atoms with van der Waals surface area (Å²) in [6.07, 6.45) is 6.61. The van der Waals surface area contributed by atoms with Crippen LogP contribution in [-0.4, -0.2) is 5.11 Å². The first-order valence-corrected chi connectivity index (χ1v) is 8.51. The third kappa shape index (κ3) is 3.37. The molecule has 2 atom stereocenters. The Bertz CT molecular complexity index is 480. The molecule has 0 aromatic heterocycles. The lowest BCUT2D eigenvalue weighted by Gasteiger charge is -2.28. The zero-order valence-electron chi connectivity index (χ0n) is 11.8. The molecule has 1 aromatic rings. The first-order valence-electron chi connectivity index (χ1n) is 7.34. The van der Waals surface area contributed by atoms with Gasteiger partial charge in [-0.3, -0.25) is 0 Å². The highest BCUT2D eigenvalue weighted by atomic mass is 79.9. The highest BCUT2D eigenvalue weighted by molar-refractivity contribution is 9.10. The summed E-state index contributed by atoms with van der Waals surface area (Å²) in [6.45, 7) is 2.19. The molecule has 2 rings (SSSR count). The minimum atomic E-state index is -1.07. The number of rotatable bonds is 3. The van der Waals surface area contributed by atoms with E-state index in [1.165, 1.54) is 12.8 Å². The van der Waals surface area contributed by atoms with Crippen LogP contribution in [0.1, 0.15) is 57.4 Å². The second kappa shape index (κ2) is 6.76. The number of benzene rings is 1. The Morgan fingerprint density at radius 3 is 2.85 bits per heavy atom. The first-order chi connectivity index (χ1) is 9.48. The fourth-order valence-corrected chi connectivity index (χ4v) is 3.72. The van der Waals surface area contributed by atoms with E-state index in [-0.39, 0.29) is 5.02 Å². The fraction of sp³-hybridized carbons (Fsp3) is 0.625. The van der Waals surface area contributed by atoms with E-state index in [2.05, 4.69) is 22.9 Å². The van der Waals surface area contributed by atoms with Gasteiger partial charge in [0.15, 0.2) is 0 Å². The molecule has 0 spiro atoms. The highest BCUT2D eigenvalue weighted by Crippen LogP contribution is 2.42. The first kappa shape index (κ1) is 16.3. The van der Waals surface area contributed by atoms with Crippen molar-refractivity contribution in [2.24, 2.45) is 5.92 Å². The van der Waals surface area contributed by atoms with Crippen molar-refractivity contribution in [3.63, 3.8) is 0 Å². The molecule has 0 aliphatic heterocycles. The summed E-state index contributed by atoms with van der Waals surface area (Å²) in [5, 5.41) is 11.0. The van der Waals surface area contributed by atoms with E-state index in [1.54, 1.807) is 12.1 Å². The third-order valence-corrected chi connectivity index (χ3v) is 5.66. The van der Waals surface area contributed by atoms with Crippen LogP contribution in [0.3, 0.4) is 0 Å². The van der Waals surface area contributed by atoms with Gasteiger partial charge in [-0.1, -0.05) is 43.9 Å². The van der Waals surface area contributed by atoms with Gasteiger partial charge in [0.05, 0.1) is 10.6 Å². The van der Waals surface area contributed by atoms with Crippen molar-refractivity contribution >= 4 is 27.5 Å². The van der Waals surface area contributed by atoms with E-state index in [1.807, 2.05) is 0 Å². The Kier molecular flexibility index (Phi) is 5.49. The summed E-state index contributed by atoms with van der Waals surface area (Å²) in [5.74, 6) is 0.167. The standard InChI is InChI=1S/C16H21BrClFO/c1-2-4-11-5-3-9-16(20,10-8-11)12-6-7-13(17)14(18)15(12)19/h6-7,11,20H,2-5,8-10H2,1H3. The van der Waals surface area contributed by atoms with Gasteiger partial charge in [0.2, 0.25) is 0 Å². The van der Waals surface area contributed by atoms with E-state index in [0.29, 0.717) is 28.8 Å². The van der Waals surface area contributed by atoms with Crippen molar-refractivity contribution in [2.75, 3.05) is 0 Å². The zero-order chi connectivity index (χ0) is 14.8. The number of hydrogen-bond acceptors (Lipinski definition) is 1. The molecule has 0 bridgehead atoms. The molecule has 1 saturated carbocycles. The van der Waals surface area contributed by atoms with Crippen molar-refractivity contribution in [1.29, 1.82) is 0 Å². The van der Waals surface area contributed by atoms with Gasteiger partial charge in [-0.2, -0.15) is 0 Å². The van der Waals surface area contributed by atoms with Gasteiger partial charge in [-0.05, 0) is 53.6 Å². The third-order valence-electron chi connectivity index (χ3n) is 4.40. The zero-order valence-corrected chi connectivity index (χ0v) is 14.1. The van der Waals surface area contributed by atoms with Gasteiger partial charge in [0.1, 0.15) is 5.82 Å². The van der Waals surface area contributed by atoms with Crippen LogP contribution in [0, 0.1) is 11.7 Å². The van der Waals surface area contributed by atoms with Gasteiger partial charge in [-0.15, -0.1) is 0 Å². The topological polar surface area (TPSA) is 20.2 Å². The molecule has 20 heavy (non-hydrogen) atoms. The van der Waals surface area contributed by atoms with E-state index in [9.17, 15) is 9.50 Å².